The maximum Gasteiger partial charge on any atom is 0.304 e. The molecule has 0 spiro atoms. The highest BCUT2D eigenvalue weighted by atomic mass is 35.5. The highest BCUT2D eigenvalue weighted by Crippen LogP contribution is 2.28. The molecule has 8 nitrogen and oxygen atoms in total. The number of amides is 2. The second-order valence-corrected chi connectivity index (χ2v) is 12.5. The molecule has 1 saturated carbocycles. The van der Waals surface area contributed by atoms with E-state index in [1.165, 1.54) is 19.0 Å². The number of carbonyl (C=O) groups is 2. The summed E-state index contributed by atoms with van der Waals surface area (Å²) in [5, 5.41) is 3.83. The number of anilines is 1. The summed E-state index contributed by atoms with van der Waals surface area (Å²) in [5.74, 6) is -0.807. The van der Waals surface area contributed by atoms with Crippen LogP contribution in [0.3, 0.4) is 0 Å². The number of halogens is 2. The van der Waals surface area contributed by atoms with Gasteiger partial charge in [-0.3, -0.25) is 9.59 Å². The lowest BCUT2D eigenvalue weighted by atomic mass is 9.95. The van der Waals surface area contributed by atoms with Crippen LogP contribution in [0.5, 0.6) is 0 Å². The van der Waals surface area contributed by atoms with E-state index in [1.54, 1.807) is 48.5 Å². The summed E-state index contributed by atoms with van der Waals surface area (Å²) in [6.45, 7) is 1.28. The Balaban J connectivity index is 1.98. The molecule has 208 valence electrons. The van der Waals surface area contributed by atoms with Crippen molar-refractivity contribution in [3.8, 4) is 0 Å². The van der Waals surface area contributed by atoms with Crippen LogP contribution in [0, 0.1) is 0 Å². The van der Waals surface area contributed by atoms with Crippen molar-refractivity contribution in [3.05, 3.63) is 64.1 Å². The molecule has 1 N–H and O–H groups in total. The Morgan fingerprint density at radius 2 is 1.58 bits per heavy atom. The molecule has 0 unspecified atom stereocenters. The third kappa shape index (κ3) is 7.40. The van der Waals surface area contributed by atoms with Crippen LogP contribution in [0.15, 0.2) is 48.5 Å². The zero-order valence-electron chi connectivity index (χ0n) is 22.1. The van der Waals surface area contributed by atoms with Crippen molar-refractivity contribution in [2.45, 2.75) is 64.1 Å². The van der Waals surface area contributed by atoms with Crippen molar-refractivity contribution in [3.63, 3.8) is 0 Å². The van der Waals surface area contributed by atoms with E-state index in [1.807, 2.05) is 6.92 Å². The number of benzene rings is 2. The Bertz CT molecular complexity index is 1180. The van der Waals surface area contributed by atoms with Gasteiger partial charge in [0, 0.05) is 42.3 Å². The van der Waals surface area contributed by atoms with Gasteiger partial charge in [0.25, 0.3) is 0 Å². The average molecular weight is 584 g/mol. The van der Waals surface area contributed by atoms with Crippen LogP contribution in [-0.2, 0) is 26.3 Å². The third-order valence-corrected chi connectivity index (χ3v) is 9.32. The number of rotatable bonds is 11. The molecular weight excluding hydrogens is 547 g/mol. The second kappa shape index (κ2) is 13.6. The van der Waals surface area contributed by atoms with E-state index in [9.17, 15) is 18.0 Å². The summed E-state index contributed by atoms with van der Waals surface area (Å²) in [5.41, 5.74) is 0.833. The van der Waals surface area contributed by atoms with Gasteiger partial charge < -0.3 is 10.2 Å². The Hall–Kier alpha value is -2.33. The van der Waals surface area contributed by atoms with Crippen molar-refractivity contribution in [1.29, 1.82) is 0 Å². The smallest absolute Gasteiger partial charge is 0.304 e. The topological polar surface area (TPSA) is 90.0 Å². The Morgan fingerprint density at radius 3 is 2.13 bits per heavy atom. The molecule has 2 aromatic rings. The number of nitrogens with one attached hydrogen (secondary N) is 1. The minimum Gasteiger partial charge on any atom is -0.352 e. The fraction of sp³-hybridized carbons (Fsp3) is 0.481. The number of hydrogen-bond acceptors (Lipinski definition) is 4. The lowest BCUT2D eigenvalue weighted by molar-refractivity contribution is -0.140. The molecule has 1 fully saturated rings. The van der Waals surface area contributed by atoms with Crippen LogP contribution in [0.4, 0.5) is 5.69 Å². The molecule has 3 rings (SSSR count). The quantitative estimate of drug-likeness (QED) is 0.409. The molecule has 38 heavy (non-hydrogen) atoms. The average Bonchev–Trinajstić information content (AvgIpc) is 2.89. The van der Waals surface area contributed by atoms with Gasteiger partial charge in [-0.05, 0) is 43.5 Å². The van der Waals surface area contributed by atoms with Gasteiger partial charge in [0.05, 0.1) is 5.69 Å². The largest absolute Gasteiger partial charge is 0.352 e. The summed E-state index contributed by atoms with van der Waals surface area (Å²) < 4.78 is 28.6. The Morgan fingerprint density at radius 1 is 0.974 bits per heavy atom. The van der Waals surface area contributed by atoms with E-state index in [0.29, 0.717) is 27.7 Å². The molecule has 2 amide bonds. The van der Waals surface area contributed by atoms with Crippen LogP contribution in [0.2, 0.25) is 10.0 Å². The minimum atomic E-state index is -4.02. The summed E-state index contributed by atoms with van der Waals surface area (Å²) in [4.78, 5) is 28.8. The summed E-state index contributed by atoms with van der Waals surface area (Å²) in [6.07, 6.45) is 5.37. The van der Waals surface area contributed by atoms with E-state index in [4.69, 9.17) is 23.2 Å². The van der Waals surface area contributed by atoms with Crippen LogP contribution >= 0.6 is 23.2 Å². The van der Waals surface area contributed by atoms with E-state index in [-0.39, 0.29) is 18.5 Å². The first-order valence-corrected chi connectivity index (χ1v) is 15.0. The molecular formula is C27H36Cl2N4O4S. The van der Waals surface area contributed by atoms with Gasteiger partial charge in [-0.2, -0.15) is 12.7 Å². The standard InChI is InChI=1S/C27H36Cl2N4O4S/c1-4-25(27(35)30-20-12-7-5-8-13-20)32(18-22-23(28)16-11-17-24(22)29)26(34)19-33(38(36,37)31(2)3)21-14-9-6-10-15-21/h6,9-11,14-17,20,25H,4-5,7-8,12-13,18-19H2,1-3H3,(H,30,35)/t25-/m1/s1. The molecule has 0 radical (unpaired) electrons. The molecule has 11 heteroatoms. The summed E-state index contributed by atoms with van der Waals surface area (Å²) in [6, 6.07) is 12.7. The number of para-hydroxylation sites is 1. The number of hydrogen-bond donors (Lipinski definition) is 1. The molecule has 2 aromatic carbocycles. The van der Waals surface area contributed by atoms with Crippen LogP contribution < -0.4 is 9.62 Å². The van der Waals surface area contributed by atoms with E-state index in [0.717, 1.165) is 40.7 Å². The maximum absolute atomic E-state index is 14.0. The van der Waals surface area contributed by atoms with Crippen LogP contribution in [0.25, 0.3) is 0 Å². The zero-order chi connectivity index (χ0) is 27.9. The highest BCUT2D eigenvalue weighted by Gasteiger charge is 2.35. The van der Waals surface area contributed by atoms with E-state index >= 15 is 0 Å². The van der Waals surface area contributed by atoms with Crippen molar-refractivity contribution in [2.24, 2.45) is 0 Å². The van der Waals surface area contributed by atoms with Crippen molar-refractivity contribution in [2.75, 3.05) is 24.9 Å². The van der Waals surface area contributed by atoms with Crippen molar-refractivity contribution in [1.82, 2.24) is 14.5 Å². The fourth-order valence-corrected chi connectivity index (χ4v) is 6.20. The number of nitrogens with zero attached hydrogens (tertiary/aromatic N) is 3. The lowest BCUT2D eigenvalue weighted by Gasteiger charge is -2.35. The predicted octanol–water partition coefficient (Wildman–Crippen LogP) is 4.86. The molecule has 0 aliphatic heterocycles. The van der Waals surface area contributed by atoms with Crippen molar-refractivity contribution >= 4 is 50.9 Å². The fourth-order valence-electron chi connectivity index (χ4n) is 4.63. The van der Waals surface area contributed by atoms with Crippen LogP contribution in [0.1, 0.15) is 51.0 Å². The first-order chi connectivity index (χ1) is 18.1. The maximum atomic E-state index is 14.0. The van der Waals surface area contributed by atoms with Gasteiger partial charge in [0.2, 0.25) is 11.8 Å². The predicted molar refractivity (Wildman–Crippen MR) is 153 cm³/mol. The second-order valence-electron chi connectivity index (χ2n) is 9.62. The highest BCUT2D eigenvalue weighted by molar-refractivity contribution is 7.90. The summed E-state index contributed by atoms with van der Waals surface area (Å²) in [7, 11) is -1.21. The molecule has 0 heterocycles. The van der Waals surface area contributed by atoms with Crippen LogP contribution in [-0.4, -0.2) is 62.2 Å². The summed E-state index contributed by atoms with van der Waals surface area (Å²) >= 11 is 12.9. The number of carbonyl (C=O) groups excluding carboxylic acids is 2. The molecule has 0 aromatic heterocycles. The SMILES string of the molecule is CC[C@H](C(=O)NC1CCCCC1)N(Cc1c(Cl)cccc1Cl)C(=O)CN(c1ccccc1)S(=O)(=O)N(C)C. The van der Waals surface area contributed by atoms with Gasteiger partial charge >= 0.3 is 10.2 Å². The molecule has 1 aliphatic carbocycles. The van der Waals surface area contributed by atoms with E-state index in [2.05, 4.69) is 5.32 Å². The van der Waals surface area contributed by atoms with Gasteiger partial charge in [-0.25, -0.2) is 4.31 Å². The van der Waals surface area contributed by atoms with Crippen molar-refractivity contribution < 1.29 is 18.0 Å². The minimum absolute atomic E-state index is 0.0431. The van der Waals surface area contributed by atoms with Gasteiger partial charge in [-0.1, -0.05) is 73.7 Å². The third-order valence-electron chi connectivity index (χ3n) is 6.79. The monoisotopic (exact) mass is 582 g/mol. The lowest BCUT2D eigenvalue weighted by Crippen LogP contribution is -2.54. The van der Waals surface area contributed by atoms with Gasteiger partial charge in [-0.15, -0.1) is 0 Å². The normalized spacial score (nSPS) is 15.2. The van der Waals surface area contributed by atoms with Gasteiger partial charge in [0.1, 0.15) is 12.6 Å². The molecule has 1 aliphatic rings. The first kappa shape index (κ1) is 30.2. The molecule has 0 bridgehead atoms. The Kier molecular flexibility index (Phi) is 10.8. The first-order valence-electron chi connectivity index (χ1n) is 12.8. The Labute approximate surface area is 236 Å². The zero-order valence-corrected chi connectivity index (χ0v) is 24.4. The molecule has 0 saturated heterocycles. The van der Waals surface area contributed by atoms with E-state index < -0.39 is 28.7 Å². The van der Waals surface area contributed by atoms with Gasteiger partial charge in [0.15, 0.2) is 0 Å². The molecule has 1 atom stereocenters.